The molecule has 3 aromatic rings. The number of pyridine rings is 1. The van der Waals surface area contributed by atoms with Crippen LogP contribution in [0, 0.1) is 11.5 Å². The van der Waals surface area contributed by atoms with Crippen LogP contribution in [0.4, 0.5) is 0 Å². The van der Waals surface area contributed by atoms with Crippen molar-refractivity contribution >= 4 is 28.3 Å². The third kappa shape index (κ3) is 5.23. The van der Waals surface area contributed by atoms with Crippen LogP contribution in [0.15, 0.2) is 47.7 Å². The number of nitriles is 1. The summed E-state index contributed by atoms with van der Waals surface area (Å²) in [5.74, 6) is -0.562. The van der Waals surface area contributed by atoms with Gasteiger partial charge in [-0.1, -0.05) is 37.3 Å². The topological polar surface area (TPSA) is 121 Å². The molecule has 0 atom stereocenters. The predicted molar refractivity (Wildman–Crippen MR) is 128 cm³/mol. The van der Waals surface area contributed by atoms with Gasteiger partial charge in [-0.15, -0.1) is 0 Å². The molecule has 0 aliphatic carbocycles. The Kier molecular flexibility index (Phi) is 8.35. The summed E-state index contributed by atoms with van der Waals surface area (Å²) in [4.78, 5) is 39.0. The molecular formula is C25H27N5O4. The minimum absolute atomic E-state index is 0.203. The van der Waals surface area contributed by atoms with Crippen molar-refractivity contribution in [3.63, 3.8) is 0 Å². The van der Waals surface area contributed by atoms with Crippen molar-refractivity contribution in [1.29, 1.82) is 5.26 Å². The first-order valence-electron chi connectivity index (χ1n) is 11.0. The highest BCUT2D eigenvalue weighted by Crippen LogP contribution is 2.33. The monoisotopic (exact) mass is 461 g/mol. The van der Waals surface area contributed by atoms with Crippen molar-refractivity contribution in [3.8, 4) is 17.8 Å². The summed E-state index contributed by atoms with van der Waals surface area (Å²) in [6.07, 6.45) is 6.55. The summed E-state index contributed by atoms with van der Waals surface area (Å²) < 4.78 is 10.6. The summed E-state index contributed by atoms with van der Waals surface area (Å²) in [5, 5.41) is 9.51. The maximum atomic E-state index is 13.2. The number of Topliss-reactive ketones (excluding diaryl/α,β-unsaturated/α-hetero) is 1. The van der Waals surface area contributed by atoms with Crippen LogP contribution in [0.5, 0.6) is 11.6 Å². The summed E-state index contributed by atoms with van der Waals surface area (Å²) in [5.41, 5.74) is 2.20. The van der Waals surface area contributed by atoms with Gasteiger partial charge in [0.15, 0.2) is 0 Å². The minimum Gasteiger partial charge on any atom is -0.494 e. The second-order valence-electron chi connectivity index (χ2n) is 7.54. The van der Waals surface area contributed by atoms with Gasteiger partial charge in [-0.25, -0.2) is 4.98 Å². The lowest BCUT2D eigenvalue weighted by atomic mass is 10.0. The number of hydrogen-bond donors (Lipinski definition) is 1. The van der Waals surface area contributed by atoms with E-state index in [9.17, 15) is 9.59 Å². The fraction of sp³-hybridized carbons (Fsp3) is 0.320. The molecule has 0 spiro atoms. The Morgan fingerprint density at radius 2 is 1.94 bits per heavy atom. The molecule has 9 heteroatoms. The molecule has 1 aromatic carbocycles. The summed E-state index contributed by atoms with van der Waals surface area (Å²) in [6, 6.07) is 9.44. The molecule has 0 saturated heterocycles. The van der Waals surface area contributed by atoms with E-state index in [1.54, 1.807) is 4.90 Å². The van der Waals surface area contributed by atoms with E-state index in [-0.39, 0.29) is 5.56 Å². The third-order valence-electron chi connectivity index (χ3n) is 5.41. The van der Waals surface area contributed by atoms with Crippen molar-refractivity contribution in [3.05, 3.63) is 53.9 Å². The maximum absolute atomic E-state index is 13.2. The number of H-pyrrole nitrogens is 1. The van der Waals surface area contributed by atoms with Crippen molar-refractivity contribution < 1.29 is 19.1 Å². The number of aliphatic imine (C=N–C) groups is 1. The number of nitrogens with one attached hydrogen (secondary N) is 1. The van der Waals surface area contributed by atoms with Crippen molar-refractivity contribution in [1.82, 2.24) is 14.9 Å². The van der Waals surface area contributed by atoms with Crippen molar-refractivity contribution in [2.45, 2.75) is 26.2 Å². The van der Waals surface area contributed by atoms with Gasteiger partial charge in [0.25, 0.3) is 11.7 Å². The number of methoxy groups -OCH3 is 2. The molecule has 0 saturated carbocycles. The molecule has 0 bridgehead atoms. The normalized spacial score (nSPS) is 11.2. The molecule has 0 aliphatic heterocycles. The van der Waals surface area contributed by atoms with Gasteiger partial charge >= 0.3 is 0 Å². The number of carbonyl (C=O) groups is 2. The van der Waals surface area contributed by atoms with E-state index in [1.807, 2.05) is 43.4 Å². The predicted octanol–water partition coefficient (Wildman–Crippen LogP) is 3.75. The van der Waals surface area contributed by atoms with Gasteiger partial charge in [0.2, 0.25) is 12.1 Å². The van der Waals surface area contributed by atoms with Crippen LogP contribution in [0.2, 0.25) is 0 Å². The molecule has 2 aromatic heterocycles. The van der Waals surface area contributed by atoms with E-state index >= 15 is 0 Å². The highest BCUT2D eigenvalue weighted by Gasteiger charge is 2.27. The lowest BCUT2D eigenvalue weighted by molar-refractivity contribution is -0.126. The average Bonchev–Trinajstić information content (AvgIpc) is 3.32. The fourth-order valence-electron chi connectivity index (χ4n) is 3.82. The number of aromatic amines is 1. The lowest BCUT2D eigenvalue weighted by Crippen LogP contribution is -2.38. The van der Waals surface area contributed by atoms with Crippen LogP contribution in [-0.4, -0.2) is 59.6 Å². The highest BCUT2D eigenvalue weighted by atomic mass is 16.5. The number of rotatable bonds is 11. The standard InChI is InChI=1S/C25H27N5O4/c1-4-12-30(13-8-11-19(29-16-26)17-9-6-5-7-10-17)25(32)23(31)18-14-27-22-21(18)20(33-2)15-28-24(22)34-3/h5-7,9-10,14-15,27H,4,8,11-13H2,1-3H3. The molecule has 0 aliphatic rings. The number of amides is 1. The van der Waals surface area contributed by atoms with Crippen molar-refractivity contribution in [2.24, 2.45) is 4.99 Å². The Hall–Kier alpha value is -4.19. The highest BCUT2D eigenvalue weighted by molar-refractivity contribution is 6.45. The quantitative estimate of drug-likeness (QED) is 0.201. The van der Waals surface area contributed by atoms with Gasteiger partial charge in [0.1, 0.15) is 11.3 Å². The molecule has 176 valence electrons. The molecule has 34 heavy (non-hydrogen) atoms. The second kappa shape index (κ2) is 11.6. The first-order valence-corrected chi connectivity index (χ1v) is 11.0. The van der Waals surface area contributed by atoms with Crippen LogP contribution >= 0.6 is 0 Å². The molecule has 1 amide bonds. The van der Waals surface area contributed by atoms with Gasteiger partial charge in [-0.2, -0.15) is 10.3 Å². The number of ketones is 1. The SMILES string of the molecule is CCCN(CCCC(=NC#N)c1ccccc1)C(=O)C(=O)c1c[nH]c2c(OC)ncc(OC)c12. The Morgan fingerprint density at radius 1 is 1.18 bits per heavy atom. The van der Waals surface area contributed by atoms with Crippen LogP contribution in [0.1, 0.15) is 42.1 Å². The zero-order valence-electron chi connectivity index (χ0n) is 19.5. The molecule has 0 fully saturated rings. The first-order chi connectivity index (χ1) is 16.5. The molecule has 1 N–H and O–H groups in total. The Morgan fingerprint density at radius 3 is 2.59 bits per heavy atom. The molecule has 0 radical (unpaired) electrons. The zero-order chi connectivity index (χ0) is 24.5. The number of hydrogen-bond acceptors (Lipinski definition) is 7. The van der Waals surface area contributed by atoms with E-state index in [0.29, 0.717) is 60.6 Å². The number of carbonyl (C=O) groups excluding carboxylic acids is 2. The molecule has 3 rings (SSSR count). The lowest BCUT2D eigenvalue weighted by Gasteiger charge is -2.21. The van der Waals surface area contributed by atoms with Gasteiger partial charge < -0.3 is 19.4 Å². The summed E-state index contributed by atoms with van der Waals surface area (Å²) in [6.45, 7) is 2.74. The maximum Gasteiger partial charge on any atom is 0.295 e. The number of ether oxygens (including phenoxy) is 2. The van der Waals surface area contributed by atoms with Gasteiger partial charge in [-0.05, 0) is 24.8 Å². The number of nitrogens with zero attached hydrogens (tertiary/aromatic N) is 4. The van der Waals surface area contributed by atoms with E-state index in [0.717, 1.165) is 5.56 Å². The van der Waals surface area contributed by atoms with Crippen LogP contribution in [-0.2, 0) is 4.79 Å². The summed E-state index contributed by atoms with van der Waals surface area (Å²) in [7, 11) is 2.95. The van der Waals surface area contributed by atoms with E-state index < -0.39 is 11.7 Å². The third-order valence-corrected chi connectivity index (χ3v) is 5.41. The van der Waals surface area contributed by atoms with E-state index in [4.69, 9.17) is 14.7 Å². The zero-order valence-corrected chi connectivity index (χ0v) is 19.5. The average molecular weight is 462 g/mol. The number of fused-ring (bicyclic) bond motifs is 1. The number of aromatic nitrogens is 2. The Balaban J connectivity index is 1.79. The van der Waals surface area contributed by atoms with E-state index in [1.165, 1.54) is 26.6 Å². The van der Waals surface area contributed by atoms with Crippen LogP contribution in [0.25, 0.3) is 10.9 Å². The smallest absolute Gasteiger partial charge is 0.295 e. The molecule has 9 nitrogen and oxygen atoms in total. The van der Waals surface area contributed by atoms with Crippen molar-refractivity contribution in [2.75, 3.05) is 27.3 Å². The summed E-state index contributed by atoms with van der Waals surface area (Å²) >= 11 is 0. The molecule has 0 unspecified atom stereocenters. The minimum atomic E-state index is -0.639. The Bertz CT molecular complexity index is 1230. The number of benzene rings is 1. The van der Waals surface area contributed by atoms with Gasteiger partial charge in [0, 0.05) is 19.3 Å². The second-order valence-corrected chi connectivity index (χ2v) is 7.54. The largest absolute Gasteiger partial charge is 0.494 e. The first kappa shape index (κ1) is 24.5. The van der Waals surface area contributed by atoms with Crippen LogP contribution < -0.4 is 9.47 Å². The van der Waals surface area contributed by atoms with E-state index in [2.05, 4.69) is 15.0 Å². The Labute approximate surface area is 198 Å². The van der Waals surface area contributed by atoms with Gasteiger partial charge in [0.05, 0.1) is 37.1 Å². The molecule has 2 heterocycles. The fourth-order valence-corrected chi connectivity index (χ4v) is 3.82. The van der Waals surface area contributed by atoms with Gasteiger partial charge in [-0.3, -0.25) is 9.59 Å². The molecular weight excluding hydrogens is 434 g/mol. The van der Waals surface area contributed by atoms with Crippen LogP contribution in [0.3, 0.4) is 0 Å².